The van der Waals surface area contributed by atoms with Crippen molar-refractivity contribution in [3.8, 4) is 0 Å². The number of piperazine rings is 1. The fourth-order valence-electron chi connectivity index (χ4n) is 6.33. The summed E-state index contributed by atoms with van der Waals surface area (Å²) in [4.78, 5) is 29.9. The van der Waals surface area contributed by atoms with Crippen molar-refractivity contribution < 1.29 is 4.79 Å². The highest BCUT2D eigenvalue weighted by Gasteiger charge is 2.61. The van der Waals surface area contributed by atoms with E-state index in [0.717, 1.165) is 44.0 Å². The Morgan fingerprint density at radius 3 is 2.51 bits per heavy atom. The van der Waals surface area contributed by atoms with Gasteiger partial charge >= 0.3 is 0 Å². The van der Waals surface area contributed by atoms with Crippen molar-refractivity contribution in [2.45, 2.75) is 46.1 Å². The van der Waals surface area contributed by atoms with Gasteiger partial charge in [0.25, 0.3) is 12.6 Å². The Kier molecular flexibility index (Phi) is 6.14. The third-order valence-corrected chi connectivity index (χ3v) is 9.12. The van der Waals surface area contributed by atoms with Crippen LogP contribution in [0, 0.1) is 23.3 Å². The van der Waals surface area contributed by atoms with E-state index >= 15 is 0 Å². The number of rotatable bonds is 6. The summed E-state index contributed by atoms with van der Waals surface area (Å²) in [6, 6.07) is 10.1. The number of carbonyl (C=O) groups is 1. The van der Waals surface area contributed by atoms with E-state index in [4.69, 9.17) is 6.57 Å². The van der Waals surface area contributed by atoms with E-state index in [1.54, 1.807) is 12.3 Å². The average Bonchev–Trinajstić information content (AvgIpc) is 3.19. The largest absolute Gasteiger partial charge is 0.369 e. The van der Waals surface area contributed by atoms with Crippen LogP contribution >= 0.6 is 0 Å². The number of fused-ring (bicyclic) bond motifs is 2. The van der Waals surface area contributed by atoms with Crippen LogP contribution in [0.3, 0.4) is 0 Å². The fourth-order valence-corrected chi connectivity index (χ4v) is 6.33. The van der Waals surface area contributed by atoms with Crippen LogP contribution in [0.15, 0.2) is 36.5 Å². The molecule has 1 aromatic heterocycles. The number of hydrogen-bond acceptors (Lipinski definition) is 6. The summed E-state index contributed by atoms with van der Waals surface area (Å²) in [6.45, 7) is 18.2. The molecule has 3 unspecified atom stereocenters. The van der Waals surface area contributed by atoms with Gasteiger partial charge in [-0.05, 0) is 66.3 Å². The van der Waals surface area contributed by atoms with Crippen molar-refractivity contribution in [1.29, 1.82) is 0 Å². The summed E-state index contributed by atoms with van der Waals surface area (Å²) >= 11 is 0. The molecule has 5 rings (SSSR count). The lowest BCUT2D eigenvalue weighted by molar-refractivity contribution is 0.0821. The van der Waals surface area contributed by atoms with Crippen molar-refractivity contribution in [2.75, 3.05) is 43.1 Å². The molecule has 184 valence electrons. The van der Waals surface area contributed by atoms with Crippen LogP contribution in [0.25, 0.3) is 4.85 Å². The van der Waals surface area contributed by atoms with Gasteiger partial charge in [-0.15, -0.1) is 0 Å². The molecule has 2 N–H and O–H groups in total. The van der Waals surface area contributed by atoms with Gasteiger partial charge in [-0.25, -0.2) is 21.4 Å². The maximum absolute atomic E-state index is 13.1. The molecule has 8 nitrogen and oxygen atoms in total. The first-order chi connectivity index (χ1) is 16.8. The first-order valence-corrected chi connectivity index (χ1v) is 12.6. The number of nitrogens with one attached hydrogen (secondary N) is 2. The molecule has 3 fully saturated rings. The normalized spacial score (nSPS) is 27.4. The van der Waals surface area contributed by atoms with Crippen LogP contribution < -0.4 is 15.5 Å². The first-order valence-electron chi connectivity index (χ1n) is 12.6. The summed E-state index contributed by atoms with van der Waals surface area (Å²) < 4.78 is 0. The van der Waals surface area contributed by atoms with Gasteiger partial charge in [0.15, 0.2) is 0 Å². The quantitative estimate of drug-likeness (QED) is 0.614. The summed E-state index contributed by atoms with van der Waals surface area (Å²) in [6.07, 6.45) is 5.10. The summed E-state index contributed by atoms with van der Waals surface area (Å²) in [5.74, 6) is 0.960. The minimum atomic E-state index is -0.127. The Morgan fingerprint density at radius 1 is 1.14 bits per heavy atom. The van der Waals surface area contributed by atoms with E-state index in [1.165, 1.54) is 12.8 Å². The summed E-state index contributed by atoms with van der Waals surface area (Å²) in [7, 11) is 0. The van der Waals surface area contributed by atoms with Gasteiger partial charge in [-0.3, -0.25) is 9.64 Å². The molecule has 2 aromatic rings. The van der Waals surface area contributed by atoms with E-state index in [2.05, 4.69) is 68.2 Å². The maximum atomic E-state index is 13.1. The summed E-state index contributed by atoms with van der Waals surface area (Å²) in [5, 5.41) is 6.52. The van der Waals surface area contributed by atoms with E-state index < -0.39 is 0 Å². The van der Waals surface area contributed by atoms with Crippen LogP contribution in [0.2, 0.25) is 0 Å². The zero-order chi connectivity index (χ0) is 24.6. The molecule has 1 amide bonds. The highest BCUT2D eigenvalue weighted by molar-refractivity contribution is 5.92. The van der Waals surface area contributed by atoms with Crippen LogP contribution in [-0.4, -0.2) is 59.7 Å². The second kappa shape index (κ2) is 9.12. The van der Waals surface area contributed by atoms with E-state index in [0.29, 0.717) is 24.2 Å². The van der Waals surface area contributed by atoms with E-state index in [9.17, 15) is 4.79 Å². The highest BCUT2D eigenvalue weighted by Crippen LogP contribution is 2.65. The lowest BCUT2D eigenvalue weighted by Crippen LogP contribution is -2.47. The zero-order valence-corrected chi connectivity index (χ0v) is 20.9. The third-order valence-electron chi connectivity index (χ3n) is 9.12. The molecule has 2 aliphatic carbocycles. The van der Waals surface area contributed by atoms with Crippen molar-refractivity contribution in [2.24, 2.45) is 16.7 Å². The van der Waals surface area contributed by atoms with Gasteiger partial charge in [0, 0.05) is 49.8 Å². The smallest absolute Gasteiger partial charge is 0.270 e. The molecule has 0 spiro atoms. The molecule has 1 saturated heterocycles. The number of carbonyl (C=O) groups excluding carboxylic acids is 1. The molecule has 1 aromatic carbocycles. The first kappa shape index (κ1) is 23.6. The predicted octanol–water partition coefficient (Wildman–Crippen LogP) is 4.16. The topological polar surface area (TPSA) is 77.8 Å². The standard InChI is InChI=1S/C27H35N7O/c1-26(2)19-9-11-27(26,3)23(17-19)32-24(35)22-10-12-29-25(31-22)30-20-5-7-21(8-6-20)34-15-13-33(14-16-34)18-28-4/h5-8,10,12,19,23H,9,11,13-18H2,1-3H3,(H,32,35)(H,29,30,31). The number of benzene rings is 1. The average molecular weight is 474 g/mol. The molecule has 35 heavy (non-hydrogen) atoms. The Morgan fingerprint density at radius 2 is 1.89 bits per heavy atom. The minimum absolute atomic E-state index is 0.127. The molecule has 1 aliphatic heterocycles. The van der Waals surface area contributed by atoms with Crippen LogP contribution in [0.5, 0.6) is 0 Å². The summed E-state index contributed by atoms with van der Waals surface area (Å²) in [5.41, 5.74) is 2.81. The van der Waals surface area contributed by atoms with Gasteiger partial charge in [0.1, 0.15) is 5.69 Å². The number of hydrogen-bond donors (Lipinski definition) is 2. The van der Waals surface area contributed by atoms with Gasteiger partial charge in [-0.2, -0.15) is 0 Å². The Bertz CT molecular complexity index is 1120. The lowest BCUT2D eigenvalue weighted by atomic mass is 9.69. The molecule has 3 atom stereocenters. The molecule has 3 aliphatic rings. The monoisotopic (exact) mass is 473 g/mol. The molecule has 0 radical (unpaired) electrons. The van der Waals surface area contributed by atoms with Gasteiger partial charge < -0.3 is 15.5 Å². The van der Waals surface area contributed by atoms with Crippen molar-refractivity contribution in [3.63, 3.8) is 0 Å². The number of amides is 1. The van der Waals surface area contributed by atoms with Crippen LogP contribution in [-0.2, 0) is 0 Å². The van der Waals surface area contributed by atoms with Gasteiger partial charge in [-0.1, -0.05) is 20.8 Å². The molecule has 2 bridgehead atoms. The van der Waals surface area contributed by atoms with Crippen molar-refractivity contribution >= 4 is 23.2 Å². The molecule has 2 saturated carbocycles. The van der Waals surface area contributed by atoms with Crippen LogP contribution in [0.1, 0.15) is 50.5 Å². The Balaban J connectivity index is 1.20. The molecule has 8 heteroatoms. The molecule has 2 heterocycles. The minimum Gasteiger partial charge on any atom is -0.369 e. The SMILES string of the molecule is [C-]#[N+]CN1CCN(c2ccc(Nc3nccc(C(=O)NC4CC5CCC4(C)C5(C)C)n3)cc2)CC1. The third kappa shape index (κ3) is 4.34. The van der Waals surface area contributed by atoms with E-state index in [1.807, 2.05) is 12.1 Å². The van der Waals surface area contributed by atoms with Crippen LogP contribution in [0.4, 0.5) is 17.3 Å². The zero-order valence-electron chi connectivity index (χ0n) is 20.9. The molecular formula is C27H35N7O. The Labute approximate surface area is 207 Å². The second-order valence-electron chi connectivity index (χ2n) is 11.0. The van der Waals surface area contributed by atoms with Gasteiger partial charge in [0.05, 0.1) is 0 Å². The fraction of sp³-hybridized carbons (Fsp3) is 0.556. The highest BCUT2D eigenvalue weighted by atomic mass is 16.2. The number of anilines is 3. The van der Waals surface area contributed by atoms with Gasteiger partial charge in [0.2, 0.25) is 5.95 Å². The number of nitrogens with zero attached hydrogens (tertiary/aromatic N) is 5. The van der Waals surface area contributed by atoms with Crippen molar-refractivity contribution in [3.05, 3.63) is 53.6 Å². The Hall–Kier alpha value is -3.18. The lowest BCUT2D eigenvalue weighted by Gasteiger charge is -2.39. The predicted molar refractivity (Wildman–Crippen MR) is 137 cm³/mol. The maximum Gasteiger partial charge on any atom is 0.270 e. The van der Waals surface area contributed by atoms with E-state index in [-0.39, 0.29) is 22.8 Å². The second-order valence-corrected chi connectivity index (χ2v) is 11.0. The number of aromatic nitrogens is 2. The molecular weight excluding hydrogens is 438 g/mol. The van der Waals surface area contributed by atoms with Crippen molar-refractivity contribution in [1.82, 2.24) is 20.2 Å².